The number of nitrogens with one attached hydrogen (secondary N) is 1. The summed E-state index contributed by atoms with van der Waals surface area (Å²) in [7, 11) is 0. The second-order valence-electron chi connectivity index (χ2n) is 4.59. The summed E-state index contributed by atoms with van der Waals surface area (Å²) < 4.78 is 5.66. The molecule has 0 bridgehead atoms. The molecule has 0 spiro atoms. The summed E-state index contributed by atoms with van der Waals surface area (Å²) in [5, 5.41) is 0. The first-order valence-electron chi connectivity index (χ1n) is 6.15. The predicted octanol–water partition coefficient (Wildman–Crippen LogP) is 2.44. The lowest BCUT2D eigenvalue weighted by molar-refractivity contribution is 0.242. The van der Waals surface area contributed by atoms with E-state index in [-0.39, 0.29) is 12.1 Å². The summed E-state index contributed by atoms with van der Waals surface area (Å²) in [6, 6.07) is 7.85. The molecule has 1 heterocycles. The van der Waals surface area contributed by atoms with Gasteiger partial charge in [0.1, 0.15) is 11.6 Å². The molecule has 0 saturated heterocycles. The molecule has 1 aromatic carbocycles. The van der Waals surface area contributed by atoms with Crippen LogP contribution < -0.4 is 10.5 Å². The first-order valence-corrected chi connectivity index (χ1v) is 6.15. The zero-order chi connectivity index (χ0) is 13.0. The van der Waals surface area contributed by atoms with E-state index in [1.807, 2.05) is 38.1 Å². The van der Waals surface area contributed by atoms with Crippen molar-refractivity contribution in [2.75, 3.05) is 0 Å². The number of imidazole rings is 1. The van der Waals surface area contributed by atoms with E-state index in [0.29, 0.717) is 6.42 Å². The molecule has 0 aliphatic carbocycles. The molecule has 0 radical (unpaired) electrons. The number of aromatic amines is 1. The predicted molar refractivity (Wildman–Crippen MR) is 71.4 cm³/mol. The second-order valence-corrected chi connectivity index (χ2v) is 4.59. The molecule has 1 aromatic heterocycles. The van der Waals surface area contributed by atoms with Crippen LogP contribution in [0.5, 0.6) is 5.75 Å². The number of nitrogens with two attached hydrogens (primary N) is 1. The van der Waals surface area contributed by atoms with Crippen molar-refractivity contribution in [3.63, 3.8) is 0 Å². The fourth-order valence-electron chi connectivity index (χ4n) is 1.83. The first-order chi connectivity index (χ1) is 8.65. The van der Waals surface area contributed by atoms with Gasteiger partial charge in [-0.3, -0.25) is 0 Å². The topological polar surface area (TPSA) is 63.9 Å². The molecular formula is C14H19N3O. The number of ether oxygens (including phenoxy) is 1. The van der Waals surface area contributed by atoms with E-state index in [0.717, 1.165) is 17.1 Å². The molecule has 0 fully saturated rings. The third kappa shape index (κ3) is 3.34. The molecule has 2 rings (SSSR count). The Bertz CT molecular complexity index is 480. The lowest BCUT2D eigenvalue weighted by atomic mass is 10.0. The van der Waals surface area contributed by atoms with Crippen LogP contribution in [0.2, 0.25) is 0 Å². The fraction of sp³-hybridized carbons (Fsp3) is 0.357. The highest BCUT2D eigenvalue weighted by atomic mass is 16.5. The number of H-pyrrole nitrogens is 1. The van der Waals surface area contributed by atoms with Gasteiger partial charge >= 0.3 is 0 Å². The van der Waals surface area contributed by atoms with Crippen LogP contribution in [0.15, 0.2) is 36.7 Å². The molecular weight excluding hydrogens is 226 g/mol. The van der Waals surface area contributed by atoms with Gasteiger partial charge in [-0.15, -0.1) is 0 Å². The second kappa shape index (κ2) is 5.69. The number of nitrogens with zero attached hydrogens (tertiary/aromatic N) is 1. The Morgan fingerprint density at radius 3 is 2.89 bits per heavy atom. The Morgan fingerprint density at radius 2 is 2.22 bits per heavy atom. The SMILES string of the molecule is CC(C)Oc1cccc(C(N)Cc2ncc[nH]2)c1. The molecule has 0 aliphatic rings. The monoisotopic (exact) mass is 245 g/mol. The van der Waals surface area contributed by atoms with Crippen LogP contribution in [-0.2, 0) is 6.42 Å². The number of hydrogen-bond acceptors (Lipinski definition) is 3. The molecule has 3 N–H and O–H groups in total. The Balaban J connectivity index is 2.07. The lowest BCUT2D eigenvalue weighted by Crippen LogP contribution is -2.14. The number of benzene rings is 1. The molecule has 4 nitrogen and oxygen atoms in total. The van der Waals surface area contributed by atoms with Gasteiger partial charge in [-0.05, 0) is 31.5 Å². The smallest absolute Gasteiger partial charge is 0.120 e. The first kappa shape index (κ1) is 12.6. The minimum atomic E-state index is -0.0770. The molecule has 1 unspecified atom stereocenters. The molecule has 18 heavy (non-hydrogen) atoms. The molecule has 0 amide bonds. The van der Waals surface area contributed by atoms with Crippen LogP contribution in [-0.4, -0.2) is 16.1 Å². The quantitative estimate of drug-likeness (QED) is 0.850. The zero-order valence-corrected chi connectivity index (χ0v) is 10.8. The van der Waals surface area contributed by atoms with Crippen molar-refractivity contribution in [1.29, 1.82) is 0 Å². The number of rotatable bonds is 5. The van der Waals surface area contributed by atoms with Gasteiger partial charge in [-0.1, -0.05) is 12.1 Å². The van der Waals surface area contributed by atoms with E-state index in [1.165, 1.54) is 0 Å². The largest absolute Gasteiger partial charge is 0.491 e. The van der Waals surface area contributed by atoms with Gasteiger partial charge in [0.15, 0.2) is 0 Å². The average molecular weight is 245 g/mol. The third-order valence-electron chi connectivity index (χ3n) is 2.63. The Kier molecular flexibility index (Phi) is 3.99. The molecule has 1 atom stereocenters. The van der Waals surface area contributed by atoms with Crippen molar-refractivity contribution in [3.8, 4) is 5.75 Å². The van der Waals surface area contributed by atoms with Crippen molar-refractivity contribution < 1.29 is 4.74 Å². The van der Waals surface area contributed by atoms with Crippen LogP contribution in [0.25, 0.3) is 0 Å². The maximum Gasteiger partial charge on any atom is 0.120 e. The molecule has 96 valence electrons. The van der Waals surface area contributed by atoms with Crippen LogP contribution in [0.1, 0.15) is 31.3 Å². The maximum atomic E-state index is 6.17. The summed E-state index contributed by atoms with van der Waals surface area (Å²) in [5.41, 5.74) is 7.23. The van der Waals surface area contributed by atoms with E-state index in [9.17, 15) is 0 Å². The highest BCUT2D eigenvalue weighted by Crippen LogP contribution is 2.20. The van der Waals surface area contributed by atoms with E-state index < -0.39 is 0 Å². The highest BCUT2D eigenvalue weighted by Gasteiger charge is 2.09. The van der Waals surface area contributed by atoms with E-state index in [1.54, 1.807) is 12.4 Å². The summed E-state index contributed by atoms with van der Waals surface area (Å²) in [4.78, 5) is 7.25. The summed E-state index contributed by atoms with van der Waals surface area (Å²) in [5.74, 6) is 1.76. The van der Waals surface area contributed by atoms with Gasteiger partial charge in [0.05, 0.1) is 6.10 Å². The highest BCUT2D eigenvalue weighted by molar-refractivity contribution is 5.31. The maximum absolute atomic E-state index is 6.17. The van der Waals surface area contributed by atoms with E-state index >= 15 is 0 Å². The standard InChI is InChI=1S/C14H19N3O/c1-10(2)18-12-5-3-4-11(8-12)13(15)9-14-16-6-7-17-14/h3-8,10,13H,9,15H2,1-2H3,(H,16,17). The molecule has 0 aliphatic heterocycles. The van der Waals surface area contributed by atoms with Crippen LogP contribution in [0.3, 0.4) is 0 Å². The molecule has 2 aromatic rings. The zero-order valence-electron chi connectivity index (χ0n) is 10.8. The molecule has 4 heteroatoms. The number of hydrogen-bond donors (Lipinski definition) is 2. The summed E-state index contributed by atoms with van der Waals surface area (Å²) in [6.07, 6.45) is 4.40. The fourth-order valence-corrected chi connectivity index (χ4v) is 1.83. The minimum absolute atomic E-state index is 0.0770. The van der Waals surface area contributed by atoms with Gasteiger partial charge in [0.25, 0.3) is 0 Å². The van der Waals surface area contributed by atoms with Crippen molar-refractivity contribution in [2.45, 2.75) is 32.4 Å². The van der Waals surface area contributed by atoms with Gasteiger partial charge in [-0.2, -0.15) is 0 Å². The van der Waals surface area contributed by atoms with Crippen LogP contribution in [0.4, 0.5) is 0 Å². The van der Waals surface area contributed by atoms with Gasteiger partial charge in [-0.25, -0.2) is 4.98 Å². The summed E-state index contributed by atoms with van der Waals surface area (Å²) >= 11 is 0. The van der Waals surface area contributed by atoms with Gasteiger partial charge in [0.2, 0.25) is 0 Å². The molecule has 0 saturated carbocycles. The van der Waals surface area contributed by atoms with Crippen molar-refractivity contribution in [2.24, 2.45) is 5.73 Å². The Morgan fingerprint density at radius 1 is 1.39 bits per heavy atom. The van der Waals surface area contributed by atoms with Crippen molar-refractivity contribution in [3.05, 3.63) is 48.0 Å². The Labute approximate surface area is 107 Å². The van der Waals surface area contributed by atoms with Gasteiger partial charge in [0, 0.05) is 24.9 Å². The minimum Gasteiger partial charge on any atom is -0.491 e. The van der Waals surface area contributed by atoms with Crippen molar-refractivity contribution in [1.82, 2.24) is 9.97 Å². The normalized spacial score (nSPS) is 12.7. The van der Waals surface area contributed by atoms with Crippen molar-refractivity contribution >= 4 is 0 Å². The summed E-state index contributed by atoms with van der Waals surface area (Å²) in [6.45, 7) is 4.02. The third-order valence-corrected chi connectivity index (χ3v) is 2.63. The Hall–Kier alpha value is -1.81. The van der Waals surface area contributed by atoms with Gasteiger partial charge < -0.3 is 15.5 Å². The lowest BCUT2D eigenvalue weighted by Gasteiger charge is -2.14. The number of aromatic nitrogens is 2. The van der Waals surface area contributed by atoms with Crippen LogP contribution in [0, 0.1) is 0 Å². The van der Waals surface area contributed by atoms with E-state index in [2.05, 4.69) is 9.97 Å². The van der Waals surface area contributed by atoms with E-state index in [4.69, 9.17) is 10.5 Å². The van der Waals surface area contributed by atoms with Crippen LogP contribution >= 0.6 is 0 Å². The average Bonchev–Trinajstić information content (AvgIpc) is 2.81.